The second-order valence-corrected chi connectivity index (χ2v) is 10.2. The van der Waals surface area contributed by atoms with Crippen LogP contribution < -0.4 is 14.8 Å². The number of piperazine rings is 1. The van der Waals surface area contributed by atoms with Crippen molar-refractivity contribution in [2.75, 3.05) is 40.4 Å². The molecule has 0 bridgehead atoms. The van der Waals surface area contributed by atoms with Gasteiger partial charge in [0.15, 0.2) is 0 Å². The van der Waals surface area contributed by atoms with Crippen LogP contribution in [0.2, 0.25) is 0 Å². The predicted molar refractivity (Wildman–Crippen MR) is 120 cm³/mol. The van der Waals surface area contributed by atoms with Gasteiger partial charge in [-0.1, -0.05) is 6.07 Å². The van der Waals surface area contributed by atoms with E-state index >= 15 is 0 Å². The molecule has 9 nitrogen and oxygen atoms in total. The molecule has 3 rings (SSSR count). The van der Waals surface area contributed by atoms with Gasteiger partial charge in [0.25, 0.3) is 0 Å². The lowest BCUT2D eigenvalue weighted by Gasteiger charge is -2.35. The quantitative estimate of drug-likeness (QED) is 0.617. The van der Waals surface area contributed by atoms with Crippen molar-refractivity contribution in [2.24, 2.45) is 0 Å². The van der Waals surface area contributed by atoms with Gasteiger partial charge in [-0.05, 0) is 23.6 Å². The third-order valence-corrected chi connectivity index (χ3v) is 8.13. The minimum atomic E-state index is -3.83. The molecule has 1 aliphatic rings. The summed E-state index contributed by atoms with van der Waals surface area (Å²) in [6.45, 7) is 2.28. The zero-order valence-corrected chi connectivity index (χ0v) is 19.9. The van der Waals surface area contributed by atoms with Crippen LogP contribution in [-0.2, 0) is 19.6 Å². The molecule has 2 amide bonds. The van der Waals surface area contributed by atoms with Crippen molar-refractivity contribution in [3.05, 3.63) is 40.6 Å². The van der Waals surface area contributed by atoms with Gasteiger partial charge >= 0.3 is 0 Å². The number of hydrogen-bond acceptors (Lipinski definition) is 7. The summed E-state index contributed by atoms with van der Waals surface area (Å²) in [5.41, 5.74) is 0. The summed E-state index contributed by atoms with van der Waals surface area (Å²) in [4.78, 5) is 27.0. The average Bonchev–Trinajstić information content (AvgIpc) is 3.33. The normalized spacial score (nSPS) is 15.8. The van der Waals surface area contributed by atoms with Crippen molar-refractivity contribution in [3.63, 3.8) is 0 Å². The Balaban J connectivity index is 1.68. The highest BCUT2D eigenvalue weighted by Crippen LogP contribution is 2.31. The van der Waals surface area contributed by atoms with Gasteiger partial charge in [0.2, 0.25) is 21.8 Å². The van der Waals surface area contributed by atoms with Crippen LogP contribution in [0.25, 0.3) is 0 Å². The fraction of sp³-hybridized carbons (Fsp3) is 0.429. The minimum Gasteiger partial charge on any atom is -0.497 e. The molecule has 1 aliphatic heterocycles. The van der Waals surface area contributed by atoms with Crippen LogP contribution in [0.1, 0.15) is 24.3 Å². The lowest BCUT2D eigenvalue weighted by Crippen LogP contribution is -2.51. The van der Waals surface area contributed by atoms with Gasteiger partial charge in [-0.3, -0.25) is 9.59 Å². The van der Waals surface area contributed by atoms with Crippen LogP contribution in [0.4, 0.5) is 0 Å². The molecular weight excluding hydrogens is 454 g/mol. The molecule has 0 spiro atoms. The van der Waals surface area contributed by atoms with Crippen molar-refractivity contribution >= 4 is 33.2 Å². The maximum Gasteiger partial charge on any atom is 0.247 e. The number of rotatable bonds is 8. The molecule has 1 atom stereocenters. The first-order chi connectivity index (χ1) is 15.3. The zero-order chi connectivity index (χ0) is 23.3. The second kappa shape index (κ2) is 10.3. The molecule has 1 aromatic heterocycles. The summed E-state index contributed by atoms with van der Waals surface area (Å²) in [6.07, 6.45) is 0.122. The fourth-order valence-corrected chi connectivity index (χ4v) is 5.93. The van der Waals surface area contributed by atoms with Crippen LogP contribution >= 0.6 is 11.3 Å². The van der Waals surface area contributed by atoms with Gasteiger partial charge in [0, 0.05) is 44.0 Å². The maximum absolute atomic E-state index is 13.2. The van der Waals surface area contributed by atoms with Crippen molar-refractivity contribution in [1.29, 1.82) is 0 Å². The standard InChI is InChI=1S/C21H27N3O6S2/c1-15(25)22-17(19-5-4-12-31-19)14-21(26)23-8-10-24(11-9-23)32(27,28)20-13-16(29-2)6-7-18(20)30-3/h4-7,12-13,17H,8-11,14H2,1-3H3,(H,22,25). The zero-order valence-electron chi connectivity index (χ0n) is 18.2. The molecule has 11 heteroatoms. The molecule has 174 valence electrons. The van der Waals surface area contributed by atoms with E-state index in [1.165, 1.54) is 42.9 Å². The third kappa shape index (κ3) is 5.40. The number of hydrogen-bond donors (Lipinski definition) is 1. The third-order valence-electron chi connectivity index (χ3n) is 5.22. The lowest BCUT2D eigenvalue weighted by molar-refractivity contribution is -0.133. The van der Waals surface area contributed by atoms with E-state index in [0.29, 0.717) is 5.75 Å². The van der Waals surface area contributed by atoms with Crippen LogP contribution in [0.15, 0.2) is 40.6 Å². The largest absolute Gasteiger partial charge is 0.497 e. The molecule has 1 aromatic carbocycles. The molecule has 0 saturated carbocycles. The first-order valence-electron chi connectivity index (χ1n) is 10.1. The first kappa shape index (κ1) is 24.0. The molecule has 1 N–H and O–H groups in total. The smallest absolute Gasteiger partial charge is 0.247 e. The van der Waals surface area contributed by atoms with Crippen LogP contribution in [-0.4, -0.2) is 69.8 Å². The highest BCUT2D eigenvalue weighted by Gasteiger charge is 2.33. The maximum atomic E-state index is 13.2. The highest BCUT2D eigenvalue weighted by atomic mass is 32.2. The fourth-order valence-electron chi connectivity index (χ4n) is 3.56. The number of thiophene rings is 1. The number of carbonyl (C=O) groups is 2. The molecule has 1 fully saturated rings. The van der Waals surface area contributed by atoms with Crippen molar-refractivity contribution < 1.29 is 27.5 Å². The van der Waals surface area contributed by atoms with Gasteiger partial charge < -0.3 is 19.7 Å². The van der Waals surface area contributed by atoms with Gasteiger partial charge in [-0.2, -0.15) is 4.31 Å². The number of sulfonamides is 1. The Morgan fingerprint density at radius 1 is 1.12 bits per heavy atom. The molecule has 0 radical (unpaired) electrons. The predicted octanol–water partition coefficient (Wildman–Crippen LogP) is 1.87. The summed E-state index contributed by atoms with van der Waals surface area (Å²) in [5.74, 6) is 0.307. The second-order valence-electron chi connectivity index (χ2n) is 7.27. The van der Waals surface area contributed by atoms with Crippen LogP contribution in [0, 0.1) is 0 Å². The Hall–Kier alpha value is -2.63. The molecule has 32 heavy (non-hydrogen) atoms. The Morgan fingerprint density at radius 2 is 1.84 bits per heavy atom. The van der Waals surface area contributed by atoms with Gasteiger partial charge in [0.1, 0.15) is 16.4 Å². The van der Waals surface area contributed by atoms with Crippen molar-refractivity contribution in [2.45, 2.75) is 24.3 Å². The van der Waals surface area contributed by atoms with Gasteiger partial charge in [-0.25, -0.2) is 8.42 Å². The first-order valence-corrected chi connectivity index (χ1v) is 12.4. The molecule has 1 saturated heterocycles. The number of carbonyl (C=O) groups excluding carboxylic acids is 2. The van der Waals surface area contributed by atoms with Gasteiger partial charge in [0.05, 0.1) is 26.7 Å². The molecule has 0 aliphatic carbocycles. The number of amides is 2. The molecule has 2 heterocycles. The summed E-state index contributed by atoms with van der Waals surface area (Å²) < 4.78 is 38.2. The summed E-state index contributed by atoms with van der Waals surface area (Å²) >= 11 is 1.47. The number of nitrogens with one attached hydrogen (secondary N) is 1. The Bertz CT molecular complexity index is 1050. The van der Waals surface area contributed by atoms with Crippen molar-refractivity contribution in [3.8, 4) is 11.5 Å². The van der Waals surface area contributed by atoms with Crippen molar-refractivity contribution in [1.82, 2.24) is 14.5 Å². The van der Waals surface area contributed by atoms with E-state index in [9.17, 15) is 18.0 Å². The van der Waals surface area contributed by atoms with E-state index in [0.717, 1.165) is 4.88 Å². The van der Waals surface area contributed by atoms with Crippen LogP contribution in [0.5, 0.6) is 11.5 Å². The average molecular weight is 482 g/mol. The summed E-state index contributed by atoms with van der Waals surface area (Å²) in [7, 11) is -0.947. The Labute approximate surface area is 192 Å². The number of benzene rings is 1. The van der Waals surface area contributed by atoms with E-state index in [4.69, 9.17) is 9.47 Å². The number of methoxy groups -OCH3 is 2. The van der Waals surface area contributed by atoms with E-state index in [2.05, 4.69) is 5.32 Å². The number of nitrogens with zero attached hydrogens (tertiary/aromatic N) is 2. The van der Waals surface area contributed by atoms with Crippen LogP contribution in [0.3, 0.4) is 0 Å². The Morgan fingerprint density at radius 3 is 2.41 bits per heavy atom. The molecular formula is C21H27N3O6S2. The summed E-state index contributed by atoms with van der Waals surface area (Å²) in [6, 6.07) is 7.97. The van der Waals surface area contributed by atoms with E-state index in [1.807, 2.05) is 17.5 Å². The molecule has 1 unspecified atom stereocenters. The highest BCUT2D eigenvalue weighted by molar-refractivity contribution is 7.89. The summed E-state index contributed by atoms with van der Waals surface area (Å²) in [5, 5.41) is 4.72. The van der Waals surface area contributed by atoms with Gasteiger partial charge in [-0.15, -0.1) is 11.3 Å². The minimum absolute atomic E-state index is 0.0301. The molecule has 2 aromatic rings. The number of ether oxygens (including phenoxy) is 2. The van der Waals surface area contributed by atoms with E-state index < -0.39 is 16.1 Å². The lowest BCUT2D eigenvalue weighted by atomic mass is 10.1. The van der Waals surface area contributed by atoms with E-state index in [1.54, 1.807) is 17.0 Å². The SMILES string of the molecule is COc1ccc(OC)c(S(=O)(=O)N2CCN(C(=O)CC(NC(C)=O)c3cccs3)CC2)c1. The Kier molecular flexibility index (Phi) is 7.75. The monoisotopic (exact) mass is 481 g/mol. The van der Waals surface area contributed by atoms with E-state index in [-0.39, 0.29) is 55.1 Å². The topological polar surface area (TPSA) is 105 Å².